The molecule has 0 bridgehead atoms. The largest absolute Gasteiger partial charge is 0.508 e. The predicted molar refractivity (Wildman–Crippen MR) is 64.1 cm³/mol. The molecule has 0 radical (unpaired) electrons. The second-order valence-electron chi connectivity index (χ2n) is 4.41. The number of ether oxygens (including phenoxy) is 1. The van der Waals surface area contributed by atoms with Crippen molar-refractivity contribution in [3.8, 4) is 17.2 Å². The summed E-state index contributed by atoms with van der Waals surface area (Å²) in [6, 6.07) is 3.86. The Kier molecular flexibility index (Phi) is 4.82. The number of benzene rings is 1. The number of hydrogen-bond acceptors (Lipinski definition) is 4. The van der Waals surface area contributed by atoms with Gasteiger partial charge in [0.1, 0.15) is 5.75 Å². The zero-order valence-corrected chi connectivity index (χ0v) is 10.1. The second-order valence-corrected chi connectivity index (χ2v) is 4.41. The molecule has 0 atom stereocenters. The van der Waals surface area contributed by atoms with Gasteiger partial charge in [0.15, 0.2) is 11.5 Å². The van der Waals surface area contributed by atoms with E-state index >= 15 is 0 Å². The van der Waals surface area contributed by atoms with Crippen LogP contribution >= 0.6 is 0 Å². The molecule has 4 heteroatoms. The number of aromatic hydroxyl groups is 2. The molecule has 0 fully saturated rings. The van der Waals surface area contributed by atoms with Gasteiger partial charge in [-0.05, 0) is 24.5 Å². The third-order valence-electron chi connectivity index (χ3n) is 2.33. The van der Waals surface area contributed by atoms with Gasteiger partial charge in [0.05, 0.1) is 0 Å². The lowest BCUT2D eigenvalue weighted by Crippen LogP contribution is -2.08. The molecule has 0 saturated carbocycles. The van der Waals surface area contributed by atoms with Gasteiger partial charge in [-0.3, -0.25) is 4.79 Å². The molecule has 0 saturated heterocycles. The molecule has 1 rings (SSSR count). The van der Waals surface area contributed by atoms with E-state index in [2.05, 4.69) is 13.8 Å². The number of hydrogen-bond donors (Lipinski definition) is 2. The van der Waals surface area contributed by atoms with Gasteiger partial charge in [0.2, 0.25) is 0 Å². The molecule has 0 unspecified atom stereocenters. The Balaban J connectivity index is 2.45. The molecule has 0 aromatic heterocycles. The molecule has 0 amide bonds. The summed E-state index contributed by atoms with van der Waals surface area (Å²) in [5, 5.41) is 18.5. The van der Waals surface area contributed by atoms with E-state index < -0.39 is 0 Å². The normalized spacial score (nSPS) is 10.5. The van der Waals surface area contributed by atoms with Crippen LogP contribution in [0.1, 0.15) is 33.1 Å². The molecule has 2 N–H and O–H groups in total. The Bertz CT molecular complexity index is 385. The number of rotatable bonds is 5. The van der Waals surface area contributed by atoms with Crippen LogP contribution in [-0.2, 0) is 4.79 Å². The maximum Gasteiger partial charge on any atom is 0.311 e. The lowest BCUT2D eigenvalue weighted by molar-refractivity contribution is -0.134. The smallest absolute Gasteiger partial charge is 0.311 e. The van der Waals surface area contributed by atoms with Crippen molar-refractivity contribution < 1.29 is 19.7 Å². The Hall–Kier alpha value is -1.71. The monoisotopic (exact) mass is 238 g/mol. The third kappa shape index (κ3) is 4.76. The summed E-state index contributed by atoms with van der Waals surface area (Å²) in [6.45, 7) is 4.19. The van der Waals surface area contributed by atoms with Crippen LogP contribution in [-0.4, -0.2) is 16.2 Å². The van der Waals surface area contributed by atoms with Crippen molar-refractivity contribution in [2.24, 2.45) is 5.92 Å². The van der Waals surface area contributed by atoms with Gasteiger partial charge in [-0.1, -0.05) is 20.3 Å². The zero-order valence-electron chi connectivity index (χ0n) is 10.1. The molecule has 0 aliphatic rings. The highest BCUT2D eigenvalue weighted by Gasteiger charge is 2.09. The summed E-state index contributed by atoms with van der Waals surface area (Å²) in [4.78, 5) is 11.4. The van der Waals surface area contributed by atoms with Crippen molar-refractivity contribution in [1.29, 1.82) is 0 Å². The van der Waals surface area contributed by atoms with Gasteiger partial charge in [-0.15, -0.1) is 0 Å². The fourth-order valence-corrected chi connectivity index (χ4v) is 1.42. The Labute approximate surface area is 101 Å². The summed E-state index contributed by atoms with van der Waals surface area (Å²) < 4.78 is 4.98. The summed E-state index contributed by atoms with van der Waals surface area (Å²) in [5.41, 5.74) is 0. The lowest BCUT2D eigenvalue weighted by Gasteiger charge is -2.07. The average molecular weight is 238 g/mol. The molecule has 4 nitrogen and oxygen atoms in total. The first-order valence-corrected chi connectivity index (χ1v) is 5.71. The third-order valence-corrected chi connectivity index (χ3v) is 2.33. The SMILES string of the molecule is CC(C)CCCC(=O)Oc1ccc(O)cc1O. The van der Waals surface area contributed by atoms with Gasteiger partial charge < -0.3 is 14.9 Å². The van der Waals surface area contributed by atoms with E-state index in [0.29, 0.717) is 12.3 Å². The highest BCUT2D eigenvalue weighted by Crippen LogP contribution is 2.29. The van der Waals surface area contributed by atoms with Crippen molar-refractivity contribution in [2.45, 2.75) is 33.1 Å². The van der Waals surface area contributed by atoms with Gasteiger partial charge in [0, 0.05) is 12.5 Å². The van der Waals surface area contributed by atoms with E-state index in [4.69, 9.17) is 9.84 Å². The second kappa shape index (κ2) is 6.13. The number of phenolic OH excluding ortho intramolecular Hbond substituents is 2. The van der Waals surface area contributed by atoms with Crippen LogP contribution in [0.25, 0.3) is 0 Å². The zero-order chi connectivity index (χ0) is 12.8. The standard InChI is InChI=1S/C13H18O4/c1-9(2)4-3-5-13(16)17-12-7-6-10(14)8-11(12)15/h6-9,14-15H,3-5H2,1-2H3. The van der Waals surface area contributed by atoms with E-state index in [1.807, 2.05) is 0 Å². The van der Waals surface area contributed by atoms with E-state index in [1.54, 1.807) is 0 Å². The van der Waals surface area contributed by atoms with Crippen molar-refractivity contribution in [1.82, 2.24) is 0 Å². The topological polar surface area (TPSA) is 66.8 Å². The van der Waals surface area contributed by atoms with E-state index in [1.165, 1.54) is 12.1 Å². The van der Waals surface area contributed by atoms with Gasteiger partial charge >= 0.3 is 5.97 Å². The Morgan fingerprint density at radius 2 is 2.06 bits per heavy atom. The molecular weight excluding hydrogens is 220 g/mol. The maximum absolute atomic E-state index is 11.4. The van der Waals surface area contributed by atoms with Crippen LogP contribution in [0.4, 0.5) is 0 Å². The number of phenols is 2. The summed E-state index contributed by atoms with van der Waals surface area (Å²) >= 11 is 0. The van der Waals surface area contributed by atoms with E-state index in [-0.39, 0.29) is 23.2 Å². The first-order valence-electron chi connectivity index (χ1n) is 5.71. The first-order chi connectivity index (χ1) is 7.99. The number of carbonyl (C=O) groups is 1. The number of carbonyl (C=O) groups excluding carboxylic acids is 1. The van der Waals surface area contributed by atoms with Crippen molar-refractivity contribution in [2.75, 3.05) is 0 Å². The Morgan fingerprint density at radius 1 is 1.35 bits per heavy atom. The van der Waals surface area contributed by atoms with Gasteiger partial charge in [-0.25, -0.2) is 0 Å². The maximum atomic E-state index is 11.4. The summed E-state index contributed by atoms with van der Waals surface area (Å²) in [7, 11) is 0. The highest BCUT2D eigenvalue weighted by molar-refractivity contribution is 5.73. The molecule has 0 heterocycles. The van der Waals surface area contributed by atoms with Gasteiger partial charge in [0.25, 0.3) is 0 Å². The Morgan fingerprint density at radius 3 is 2.65 bits per heavy atom. The molecule has 17 heavy (non-hydrogen) atoms. The molecule has 0 aliphatic heterocycles. The number of esters is 1. The molecule has 94 valence electrons. The minimum absolute atomic E-state index is 0.0675. The molecule has 0 spiro atoms. The molecule has 1 aromatic carbocycles. The van der Waals surface area contributed by atoms with E-state index in [9.17, 15) is 9.90 Å². The van der Waals surface area contributed by atoms with Crippen molar-refractivity contribution >= 4 is 5.97 Å². The fourth-order valence-electron chi connectivity index (χ4n) is 1.42. The first kappa shape index (κ1) is 13.4. The van der Waals surface area contributed by atoms with E-state index in [0.717, 1.165) is 18.9 Å². The predicted octanol–water partition coefficient (Wildman–Crippen LogP) is 2.83. The minimum atomic E-state index is -0.369. The van der Waals surface area contributed by atoms with Crippen LogP contribution in [0.3, 0.4) is 0 Å². The quantitative estimate of drug-likeness (QED) is 0.611. The van der Waals surface area contributed by atoms with Gasteiger partial charge in [-0.2, -0.15) is 0 Å². The molecule has 1 aromatic rings. The highest BCUT2D eigenvalue weighted by atomic mass is 16.5. The summed E-state index contributed by atoms with van der Waals surface area (Å²) in [6.07, 6.45) is 2.07. The fraction of sp³-hybridized carbons (Fsp3) is 0.462. The molecule has 0 aliphatic carbocycles. The van der Waals surface area contributed by atoms with Crippen molar-refractivity contribution in [3.05, 3.63) is 18.2 Å². The minimum Gasteiger partial charge on any atom is -0.508 e. The average Bonchev–Trinajstić information content (AvgIpc) is 2.21. The van der Waals surface area contributed by atoms with Crippen LogP contribution in [0.2, 0.25) is 0 Å². The van der Waals surface area contributed by atoms with Crippen LogP contribution in [0.15, 0.2) is 18.2 Å². The summed E-state index contributed by atoms with van der Waals surface area (Å²) in [5.74, 6) is -0.0295. The van der Waals surface area contributed by atoms with Crippen LogP contribution in [0.5, 0.6) is 17.2 Å². The van der Waals surface area contributed by atoms with Crippen LogP contribution < -0.4 is 4.74 Å². The lowest BCUT2D eigenvalue weighted by atomic mass is 10.1. The molecular formula is C13H18O4. The van der Waals surface area contributed by atoms with Crippen LogP contribution in [0, 0.1) is 5.92 Å². The van der Waals surface area contributed by atoms with Crippen molar-refractivity contribution in [3.63, 3.8) is 0 Å².